The lowest BCUT2D eigenvalue weighted by molar-refractivity contribution is -0.0310. The molecule has 1 aliphatic carbocycles. The van der Waals surface area contributed by atoms with E-state index in [2.05, 4.69) is 36.2 Å². The van der Waals surface area contributed by atoms with Crippen molar-refractivity contribution in [2.45, 2.75) is 44.8 Å². The third-order valence-corrected chi connectivity index (χ3v) is 6.97. The third-order valence-electron chi connectivity index (χ3n) is 6.97. The van der Waals surface area contributed by atoms with Crippen LogP contribution in [0.2, 0.25) is 0 Å². The lowest BCUT2D eigenvalue weighted by Crippen LogP contribution is -2.42. The molecular formula is C24H29N3O2. The van der Waals surface area contributed by atoms with Crippen molar-refractivity contribution in [2.24, 2.45) is 17.8 Å². The largest absolute Gasteiger partial charge is 0.393 e. The molecule has 152 valence electrons. The second kappa shape index (κ2) is 8.49. The van der Waals surface area contributed by atoms with Crippen molar-refractivity contribution in [3.05, 3.63) is 35.5 Å². The number of nitrogens with zero attached hydrogens (tertiary/aromatic N) is 2. The zero-order chi connectivity index (χ0) is 20.4. The molecule has 2 heterocycles. The van der Waals surface area contributed by atoms with Crippen LogP contribution in [0.3, 0.4) is 0 Å². The Morgan fingerprint density at radius 2 is 2.17 bits per heavy atom. The van der Waals surface area contributed by atoms with Gasteiger partial charge in [0.25, 0.3) is 0 Å². The molecule has 0 saturated heterocycles. The molecule has 0 unspecified atom stereocenters. The lowest BCUT2D eigenvalue weighted by Gasteiger charge is -2.42. The number of nitrogens with one attached hydrogen (secondary N) is 1. The van der Waals surface area contributed by atoms with E-state index < -0.39 is 0 Å². The van der Waals surface area contributed by atoms with Gasteiger partial charge in [-0.3, -0.25) is 0 Å². The Bertz CT molecular complexity index is 938. The van der Waals surface area contributed by atoms with E-state index in [4.69, 9.17) is 11.2 Å². The Balaban J connectivity index is 1.79. The van der Waals surface area contributed by atoms with Crippen molar-refractivity contribution in [1.82, 2.24) is 9.88 Å². The summed E-state index contributed by atoms with van der Waals surface area (Å²) >= 11 is 0. The van der Waals surface area contributed by atoms with Crippen LogP contribution in [0.25, 0.3) is 10.9 Å². The number of terminal acetylenes is 1. The second-order valence-electron chi connectivity index (χ2n) is 8.53. The molecule has 2 N–H and O–H groups in total. The highest BCUT2D eigenvalue weighted by molar-refractivity contribution is 5.84. The van der Waals surface area contributed by atoms with Gasteiger partial charge in [-0.1, -0.05) is 31.0 Å². The average molecular weight is 392 g/mol. The highest BCUT2D eigenvalue weighted by Crippen LogP contribution is 2.43. The molecule has 0 amide bonds. The van der Waals surface area contributed by atoms with Gasteiger partial charge in [-0.05, 0) is 55.1 Å². The molecule has 0 bridgehead atoms. The molecule has 1 aliphatic heterocycles. The number of fused-ring (bicyclic) bond motifs is 4. The van der Waals surface area contributed by atoms with Crippen LogP contribution >= 0.6 is 0 Å². The van der Waals surface area contributed by atoms with E-state index in [9.17, 15) is 10.4 Å². The number of aromatic nitrogens is 1. The quantitative estimate of drug-likeness (QED) is 0.606. The number of para-hydroxylation sites is 1. The number of aliphatic hydroxyl groups is 1. The summed E-state index contributed by atoms with van der Waals surface area (Å²) in [4.78, 5) is 5.49. The van der Waals surface area contributed by atoms with Crippen LogP contribution in [-0.4, -0.2) is 40.8 Å². The van der Waals surface area contributed by atoms with Crippen molar-refractivity contribution in [2.75, 3.05) is 19.7 Å². The van der Waals surface area contributed by atoms with Gasteiger partial charge in [0.1, 0.15) is 6.61 Å². The second-order valence-corrected chi connectivity index (χ2v) is 8.53. The highest BCUT2D eigenvalue weighted by Gasteiger charge is 2.39. The molecule has 2 aromatic rings. The van der Waals surface area contributed by atoms with Crippen LogP contribution in [0.15, 0.2) is 24.3 Å². The van der Waals surface area contributed by atoms with Gasteiger partial charge in [0.05, 0.1) is 12.2 Å². The molecule has 1 saturated carbocycles. The number of ether oxygens (including phenoxy) is 1. The van der Waals surface area contributed by atoms with E-state index in [1.54, 1.807) is 0 Å². The fourth-order valence-electron chi connectivity index (χ4n) is 5.35. The van der Waals surface area contributed by atoms with Gasteiger partial charge < -0.3 is 19.7 Å². The zero-order valence-corrected chi connectivity index (χ0v) is 17.0. The molecule has 5 nitrogen and oxygen atoms in total. The van der Waals surface area contributed by atoms with Gasteiger partial charge in [-0.15, -0.1) is 6.42 Å². The molecule has 1 aromatic carbocycles. The van der Waals surface area contributed by atoms with Crippen molar-refractivity contribution >= 4 is 10.9 Å². The van der Waals surface area contributed by atoms with Crippen molar-refractivity contribution in [1.29, 1.82) is 5.26 Å². The average Bonchev–Trinajstić information content (AvgIpc) is 3.11. The summed E-state index contributed by atoms with van der Waals surface area (Å²) in [7, 11) is 0. The van der Waals surface area contributed by atoms with Crippen LogP contribution in [0.5, 0.6) is 0 Å². The van der Waals surface area contributed by atoms with Gasteiger partial charge in [0, 0.05) is 29.7 Å². The molecule has 4 rings (SSSR count). The van der Waals surface area contributed by atoms with Crippen molar-refractivity contribution < 1.29 is 9.84 Å². The Morgan fingerprint density at radius 3 is 2.97 bits per heavy atom. The smallest absolute Gasteiger partial charge is 0.179 e. The number of hydrogen-bond donors (Lipinski definition) is 2. The van der Waals surface area contributed by atoms with Crippen LogP contribution < -0.4 is 0 Å². The maximum atomic E-state index is 10.5. The van der Waals surface area contributed by atoms with E-state index in [-0.39, 0.29) is 30.7 Å². The van der Waals surface area contributed by atoms with Gasteiger partial charge in [0.2, 0.25) is 0 Å². The van der Waals surface area contributed by atoms with Crippen LogP contribution in [0.4, 0.5) is 0 Å². The lowest BCUT2D eigenvalue weighted by atomic mass is 9.68. The highest BCUT2D eigenvalue weighted by atomic mass is 16.5. The van der Waals surface area contributed by atoms with Gasteiger partial charge >= 0.3 is 0 Å². The number of benzene rings is 1. The van der Waals surface area contributed by atoms with E-state index in [0.29, 0.717) is 12.5 Å². The predicted octanol–water partition coefficient (Wildman–Crippen LogP) is 3.61. The standard InChI is InChI=1S/C24H29N3O2/c1-3-12-29-23-13-20-16(2)22(28)9-8-17(20)14-27(15-25)11-10-19-18-6-4-5-7-21(18)26-24(19)23/h1,4-7,16-17,20,22-23,26,28H,8-14H2,2H3/t16-,17+,20-,22+,23+/m1/s1. The molecule has 5 atom stereocenters. The fraction of sp³-hybridized carbons (Fsp3) is 0.542. The summed E-state index contributed by atoms with van der Waals surface area (Å²) in [6.07, 6.45) is 10.8. The summed E-state index contributed by atoms with van der Waals surface area (Å²) in [5, 5.41) is 21.5. The minimum atomic E-state index is -0.301. The fourth-order valence-corrected chi connectivity index (χ4v) is 5.35. The number of hydrogen-bond acceptors (Lipinski definition) is 4. The first-order valence-corrected chi connectivity index (χ1v) is 10.6. The van der Waals surface area contributed by atoms with E-state index >= 15 is 0 Å². The number of H-pyrrole nitrogens is 1. The van der Waals surface area contributed by atoms with Gasteiger partial charge in [0.15, 0.2) is 6.19 Å². The van der Waals surface area contributed by atoms with E-state index in [1.807, 2.05) is 17.0 Å². The predicted molar refractivity (Wildman–Crippen MR) is 113 cm³/mol. The van der Waals surface area contributed by atoms with Gasteiger partial charge in [-0.2, -0.15) is 5.26 Å². The molecule has 1 aromatic heterocycles. The Morgan fingerprint density at radius 1 is 1.34 bits per heavy atom. The minimum absolute atomic E-state index is 0.137. The summed E-state index contributed by atoms with van der Waals surface area (Å²) in [6.45, 7) is 3.83. The van der Waals surface area contributed by atoms with E-state index in [1.165, 1.54) is 10.9 Å². The summed E-state index contributed by atoms with van der Waals surface area (Å²) in [5.74, 6) is 3.42. The first-order valence-electron chi connectivity index (χ1n) is 10.6. The summed E-state index contributed by atoms with van der Waals surface area (Å²) in [6, 6.07) is 8.28. The number of aliphatic hydroxyl groups excluding tert-OH is 1. The molecule has 2 aliphatic rings. The summed E-state index contributed by atoms with van der Waals surface area (Å²) < 4.78 is 6.18. The number of aromatic amines is 1. The first-order chi connectivity index (χ1) is 14.1. The molecule has 1 fully saturated rings. The van der Waals surface area contributed by atoms with Crippen LogP contribution in [-0.2, 0) is 11.2 Å². The van der Waals surface area contributed by atoms with Crippen molar-refractivity contribution in [3.8, 4) is 18.5 Å². The Kier molecular flexibility index (Phi) is 5.81. The summed E-state index contributed by atoms with van der Waals surface area (Å²) in [5.41, 5.74) is 3.38. The van der Waals surface area contributed by atoms with Crippen LogP contribution in [0, 0.1) is 41.6 Å². The maximum Gasteiger partial charge on any atom is 0.179 e. The first kappa shape index (κ1) is 19.8. The minimum Gasteiger partial charge on any atom is -0.393 e. The number of nitriles is 1. The monoisotopic (exact) mass is 391 g/mol. The molecule has 0 spiro atoms. The van der Waals surface area contributed by atoms with Gasteiger partial charge in [-0.25, -0.2) is 0 Å². The third kappa shape index (κ3) is 3.86. The molecule has 5 heteroatoms. The van der Waals surface area contributed by atoms with Crippen LogP contribution in [0.1, 0.15) is 43.5 Å². The molecular weight excluding hydrogens is 362 g/mol. The topological polar surface area (TPSA) is 72.3 Å². The normalized spacial score (nSPS) is 30.1. The SMILES string of the molecule is C#CCO[C@H]1C[C@H]2[C@@H](CC[C@H](O)[C@@H]2C)CN(C#N)CCc2c1[nH]c1ccccc21. The zero-order valence-electron chi connectivity index (χ0n) is 17.0. The maximum absolute atomic E-state index is 10.5. The molecule has 29 heavy (non-hydrogen) atoms. The Labute approximate surface area is 172 Å². The van der Waals surface area contributed by atoms with Crippen molar-refractivity contribution in [3.63, 3.8) is 0 Å². The molecule has 0 radical (unpaired) electrons. The van der Waals surface area contributed by atoms with E-state index in [0.717, 1.165) is 43.4 Å². The Hall–Kier alpha value is -2.47. The number of rotatable bonds is 2.